The summed E-state index contributed by atoms with van der Waals surface area (Å²) in [6.45, 7) is 1.87. The first kappa shape index (κ1) is 14.8. The average molecular weight is 312 g/mol. The molecule has 1 aromatic carbocycles. The molecule has 2 fully saturated rings. The number of amides is 1. The van der Waals surface area contributed by atoms with Gasteiger partial charge in [0.15, 0.2) is 0 Å². The van der Waals surface area contributed by atoms with E-state index in [0.29, 0.717) is 23.4 Å². The molecular formula is C19H24N2O2. The highest BCUT2D eigenvalue weighted by Gasteiger charge is 2.36. The van der Waals surface area contributed by atoms with E-state index < -0.39 is 0 Å². The van der Waals surface area contributed by atoms with E-state index in [1.807, 2.05) is 31.2 Å². The van der Waals surface area contributed by atoms with Crippen LogP contribution in [0.15, 0.2) is 28.7 Å². The van der Waals surface area contributed by atoms with Crippen molar-refractivity contribution in [2.45, 2.75) is 57.2 Å². The van der Waals surface area contributed by atoms with Gasteiger partial charge in [0, 0.05) is 23.5 Å². The van der Waals surface area contributed by atoms with E-state index in [9.17, 15) is 4.79 Å². The maximum Gasteiger partial charge on any atom is 0.255 e. The lowest BCUT2D eigenvalue weighted by Crippen LogP contribution is -2.55. The molecule has 2 saturated heterocycles. The SMILES string of the molecule is Cc1oc2ccccc2c1C(=O)NC1CC2CCCC(C1)N2C. The molecular weight excluding hydrogens is 288 g/mol. The first-order chi connectivity index (χ1) is 11.1. The van der Waals surface area contributed by atoms with E-state index in [1.165, 1.54) is 19.3 Å². The van der Waals surface area contributed by atoms with Gasteiger partial charge in [-0.05, 0) is 45.7 Å². The highest BCUT2D eigenvalue weighted by molar-refractivity contribution is 6.07. The standard InChI is InChI=1S/C19H24N2O2/c1-12-18(16-8-3-4-9-17(16)23-12)19(22)20-13-10-14-6-5-7-15(11-13)21(14)2/h3-4,8-9,13-15H,5-7,10-11H2,1-2H3,(H,20,22). The molecule has 23 heavy (non-hydrogen) atoms. The monoisotopic (exact) mass is 312 g/mol. The molecule has 0 radical (unpaired) electrons. The van der Waals surface area contributed by atoms with Crippen LogP contribution in [0.1, 0.15) is 48.2 Å². The van der Waals surface area contributed by atoms with Crippen LogP contribution in [-0.2, 0) is 0 Å². The quantitative estimate of drug-likeness (QED) is 0.923. The highest BCUT2D eigenvalue weighted by Crippen LogP contribution is 2.33. The Kier molecular flexibility index (Phi) is 3.64. The molecule has 2 aliphatic heterocycles. The number of hydrogen-bond acceptors (Lipinski definition) is 3. The van der Waals surface area contributed by atoms with Crippen LogP contribution in [0.25, 0.3) is 11.0 Å². The molecule has 1 N–H and O–H groups in total. The number of carbonyl (C=O) groups is 1. The maximum atomic E-state index is 12.8. The van der Waals surface area contributed by atoms with Crippen molar-refractivity contribution in [3.05, 3.63) is 35.6 Å². The zero-order chi connectivity index (χ0) is 16.0. The van der Waals surface area contributed by atoms with Crippen molar-refractivity contribution >= 4 is 16.9 Å². The lowest BCUT2D eigenvalue weighted by Gasteiger charge is -2.47. The Balaban J connectivity index is 1.55. The Bertz CT molecular complexity index is 722. The third-order valence-corrected chi connectivity index (χ3v) is 5.67. The number of furan rings is 1. The van der Waals surface area contributed by atoms with Crippen LogP contribution in [0, 0.1) is 6.92 Å². The van der Waals surface area contributed by atoms with Gasteiger partial charge in [0.2, 0.25) is 0 Å². The predicted octanol–water partition coefficient (Wildman–Crippen LogP) is 3.49. The molecule has 1 aromatic heterocycles. The number of aryl methyl sites for hydroxylation is 1. The maximum absolute atomic E-state index is 12.8. The van der Waals surface area contributed by atoms with Crippen LogP contribution in [0.4, 0.5) is 0 Å². The minimum Gasteiger partial charge on any atom is -0.461 e. The van der Waals surface area contributed by atoms with E-state index in [2.05, 4.69) is 17.3 Å². The number of fused-ring (bicyclic) bond motifs is 3. The van der Waals surface area contributed by atoms with Crippen molar-refractivity contribution in [1.29, 1.82) is 0 Å². The molecule has 0 spiro atoms. The number of para-hydroxylation sites is 1. The lowest BCUT2D eigenvalue weighted by molar-refractivity contribution is 0.0463. The molecule has 0 saturated carbocycles. The van der Waals surface area contributed by atoms with Crippen LogP contribution < -0.4 is 5.32 Å². The van der Waals surface area contributed by atoms with Gasteiger partial charge < -0.3 is 14.6 Å². The smallest absolute Gasteiger partial charge is 0.255 e. The van der Waals surface area contributed by atoms with Gasteiger partial charge in [0.05, 0.1) is 5.56 Å². The Hall–Kier alpha value is -1.81. The fourth-order valence-electron chi connectivity index (χ4n) is 4.44. The van der Waals surface area contributed by atoms with Gasteiger partial charge in [-0.2, -0.15) is 0 Å². The minimum absolute atomic E-state index is 0.0140. The van der Waals surface area contributed by atoms with E-state index >= 15 is 0 Å². The van der Waals surface area contributed by atoms with Crippen LogP contribution in [0.5, 0.6) is 0 Å². The van der Waals surface area contributed by atoms with Crippen molar-refractivity contribution in [1.82, 2.24) is 10.2 Å². The van der Waals surface area contributed by atoms with Crippen LogP contribution in [0.3, 0.4) is 0 Å². The van der Waals surface area contributed by atoms with Gasteiger partial charge in [-0.25, -0.2) is 0 Å². The number of rotatable bonds is 2. The van der Waals surface area contributed by atoms with Crippen LogP contribution in [0.2, 0.25) is 0 Å². The second-order valence-electron chi connectivity index (χ2n) is 7.08. The second kappa shape index (κ2) is 5.68. The average Bonchev–Trinajstić information content (AvgIpc) is 2.84. The van der Waals surface area contributed by atoms with E-state index in [1.54, 1.807) is 0 Å². The normalized spacial score (nSPS) is 28.0. The fraction of sp³-hybridized carbons (Fsp3) is 0.526. The molecule has 2 aliphatic rings. The zero-order valence-electron chi connectivity index (χ0n) is 13.8. The van der Waals surface area contributed by atoms with E-state index in [0.717, 1.165) is 23.8 Å². The third-order valence-electron chi connectivity index (χ3n) is 5.67. The summed E-state index contributed by atoms with van der Waals surface area (Å²) in [6.07, 6.45) is 5.97. The predicted molar refractivity (Wildman–Crippen MR) is 90.6 cm³/mol. The van der Waals surface area contributed by atoms with Crippen molar-refractivity contribution in [2.24, 2.45) is 0 Å². The summed E-state index contributed by atoms with van der Waals surface area (Å²) in [4.78, 5) is 15.3. The van der Waals surface area contributed by atoms with E-state index in [-0.39, 0.29) is 11.9 Å². The van der Waals surface area contributed by atoms with Gasteiger partial charge in [0.25, 0.3) is 5.91 Å². The third kappa shape index (κ3) is 2.55. The number of carbonyl (C=O) groups excluding carboxylic acids is 1. The van der Waals surface area contributed by atoms with Crippen molar-refractivity contribution in [2.75, 3.05) is 7.05 Å². The summed E-state index contributed by atoms with van der Waals surface area (Å²) in [5.74, 6) is 0.719. The van der Waals surface area contributed by atoms with Gasteiger partial charge in [-0.3, -0.25) is 4.79 Å². The number of piperidine rings is 2. The van der Waals surface area contributed by atoms with Crippen molar-refractivity contribution in [3.8, 4) is 0 Å². The number of benzene rings is 1. The molecule has 1 amide bonds. The lowest BCUT2D eigenvalue weighted by atomic mass is 9.82. The molecule has 4 rings (SSSR count). The molecule has 2 bridgehead atoms. The summed E-state index contributed by atoms with van der Waals surface area (Å²) in [5.41, 5.74) is 1.49. The second-order valence-corrected chi connectivity index (χ2v) is 7.08. The molecule has 2 atom stereocenters. The molecule has 4 heteroatoms. The molecule has 2 aromatic rings. The molecule has 4 nitrogen and oxygen atoms in total. The van der Waals surface area contributed by atoms with Gasteiger partial charge >= 0.3 is 0 Å². The first-order valence-electron chi connectivity index (χ1n) is 8.64. The minimum atomic E-state index is 0.0140. The fourth-order valence-corrected chi connectivity index (χ4v) is 4.44. The highest BCUT2D eigenvalue weighted by atomic mass is 16.3. The summed E-state index contributed by atoms with van der Waals surface area (Å²) < 4.78 is 5.73. The van der Waals surface area contributed by atoms with Crippen LogP contribution >= 0.6 is 0 Å². The first-order valence-corrected chi connectivity index (χ1v) is 8.64. The summed E-state index contributed by atoms with van der Waals surface area (Å²) in [5, 5.41) is 4.19. The molecule has 0 aliphatic carbocycles. The van der Waals surface area contributed by atoms with Gasteiger partial charge in [-0.15, -0.1) is 0 Å². The van der Waals surface area contributed by atoms with Gasteiger partial charge in [-0.1, -0.05) is 24.6 Å². The Morgan fingerprint density at radius 1 is 1.22 bits per heavy atom. The van der Waals surface area contributed by atoms with Gasteiger partial charge in [0.1, 0.15) is 11.3 Å². The summed E-state index contributed by atoms with van der Waals surface area (Å²) >= 11 is 0. The van der Waals surface area contributed by atoms with Crippen molar-refractivity contribution in [3.63, 3.8) is 0 Å². The summed E-state index contributed by atoms with van der Waals surface area (Å²) in [6, 6.07) is 9.29. The molecule has 2 unspecified atom stereocenters. The Labute approximate surface area is 136 Å². The number of hydrogen-bond donors (Lipinski definition) is 1. The summed E-state index contributed by atoms with van der Waals surface area (Å²) in [7, 11) is 2.24. The molecule has 122 valence electrons. The van der Waals surface area contributed by atoms with E-state index in [4.69, 9.17) is 4.42 Å². The largest absolute Gasteiger partial charge is 0.461 e. The van der Waals surface area contributed by atoms with Crippen molar-refractivity contribution < 1.29 is 9.21 Å². The Morgan fingerprint density at radius 2 is 1.91 bits per heavy atom. The number of nitrogens with one attached hydrogen (secondary N) is 1. The zero-order valence-corrected chi connectivity index (χ0v) is 13.8. The molecule has 3 heterocycles. The topological polar surface area (TPSA) is 45.5 Å². The number of nitrogens with zero attached hydrogens (tertiary/aromatic N) is 1. The Morgan fingerprint density at radius 3 is 2.65 bits per heavy atom. The van der Waals surface area contributed by atoms with Crippen LogP contribution in [-0.4, -0.2) is 36.0 Å².